The molecule has 32 heavy (non-hydrogen) atoms. The number of ether oxygens (including phenoxy) is 2. The fourth-order valence-electron chi connectivity index (χ4n) is 4.68. The Hall–Kier alpha value is -2.45. The van der Waals surface area contributed by atoms with Crippen LogP contribution in [0.5, 0.6) is 0 Å². The van der Waals surface area contributed by atoms with E-state index in [-0.39, 0.29) is 24.5 Å². The highest BCUT2D eigenvalue weighted by molar-refractivity contribution is 5.88. The standard InChI is InChI=1S/C24H34N2O6/c1-3-31-24(30)19(12-11-17-8-5-4-6-9-17)25-16(2)22(27)26-15-18(14-20(26)23(28)29)21-10-7-13-32-21/h4-6,8-9,16,18-21,25H,3,7,10-15H2,1-2H3,(H,28,29)/t16-,18-,19?,20-,21?/m0/s1. The van der Waals surface area contributed by atoms with Crippen LogP contribution in [0.1, 0.15) is 45.1 Å². The van der Waals surface area contributed by atoms with E-state index in [2.05, 4.69) is 5.32 Å². The summed E-state index contributed by atoms with van der Waals surface area (Å²) in [5, 5.41) is 12.8. The molecule has 176 valence electrons. The maximum absolute atomic E-state index is 13.2. The Morgan fingerprint density at radius 1 is 1.28 bits per heavy atom. The third kappa shape index (κ3) is 6.07. The van der Waals surface area contributed by atoms with Gasteiger partial charge in [0.25, 0.3) is 0 Å². The van der Waals surface area contributed by atoms with E-state index in [1.165, 1.54) is 4.90 Å². The summed E-state index contributed by atoms with van der Waals surface area (Å²) in [7, 11) is 0. The summed E-state index contributed by atoms with van der Waals surface area (Å²) < 4.78 is 10.9. The van der Waals surface area contributed by atoms with Crippen molar-refractivity contribution < 1.29 is 29.0 Å². The van der Waals surface area contributed by atoms with Crippen molar-refractivity contribution >= 4 is 17.8 Å². The number of aryl methyl sites for hydroxylation is 1. The minimum Gasteiger partial charge on any atom is -0.480 e. The van der Waals surface area contributed by atoms with Crippen molar-refractivity contribution in [2.75, 3.05) is 19.8 Å². The number of esters is 1. The molecule has 2 aliphatic rings. The van der Waals surface area contributed by atoms with Crippen LogP contribution < -0.4 is 5.32 Å². The van der Waals surface area contributed by atoms with Gasteiger partial charge in [0.1, 0.15) is 12.1 Å². The van der Waals surface area contributed by atoms with E-state index in [0.29, 0.717) is 32.4 Å². The smallest absolute Gasteiger partial charge is 0.326 e. The third-order valence-corrected chi connectivity index (χ3v) is 6.35. The second-order valence-corrected chi connectivity index (χ2v) is 8.61. The van der Waals surface area contributed by atoms with E-state index in [4.69, 9.17) is 9.47 Å². The van der Waals surface area contributed by atoms with E-state index >= 15 is 0 Å². The molecule has 2 aliphatic heterocycles. The largest absolute Gasteiger partial charge is 0.480 e. The van der Waals surface area contributed by atoms with Crippen molar-refractivity contribution in [1.29, 1.82) is 0 Å². The van der Waals surface area contributed by atoms with Crippen molar-refractivity contribution in [2.24, 2.45) is 5.92 Å². The van der Waals surface area contributed by atoms with Crippen LogP contribution in [0.3, 0.4) is 0 Å². The highest BCUT2D eigenvalue weighted by atomic mass is 16.5. The average molecular weight is 447 g/mol. The van der Waals surface area contributed by atoms with Gasteiger partial charge in [0.2, 0.25) is 5.91 Å². The molecule has 8 heteroatoms. The first kappa shape index (κ1) is 24.2. The van der Waals surface area contributed by atoms with Crippen LogP contribution >= 0.6 is 0 Å². The van der Waals surface area contributed by atoms with Crippen LogP contribution in [-0.4, -0.2) is 71.8 Å². The van der Waals surface area contributed by atoms with Crippen molar-refractivity contribution in [1.82, 2.24) is 10.2 Å². The highest BCUT2D eigenvalue weighted by Crippen LogP contribution is 2.32. The Labute approximate surface area is 189 Å². The number of aliphatic carboxylic acids is 1. The lowest BCUT2D eigenvalue weighted by Crippen LogP contribution is -2.53. The lowest BCUT2D eigenvalue weighted by Gasteiger charge is -2.28. The predicted octanol–water partition coefficient (Wildman–Crippen LogP) is 2.01. The first-order chi connectivity index (χ1) is 15.4. The minimum atomic E-state index is -1.00. The van der Waals surface area contributed by atoms with Crippen LogP contribution in [0.4, 0.5) is 0 Å². The molecule has 1 aromatic carbocycles. The summed E-state index contributed by atoms with van der Waals surface area (Å²) in [4.78, 5) is 39.0. The molecule has 1 aromatic rings. The Bertz CT molecular complexity index is 780. The summed E-state index contributed by atoms with van der Waals surface area (Å²) >= 11 is 0. The average Bonchev–Trinajstić information content (AvgIpc) is 3.46. The molecule has 0 bridgehead atoms. The van der Waals surface area contributed by atoms with Crippen molar-refractivity contribution in [3.63, 3.8) is 0 Å². The Morgan fingerprint density at radius 3 is 2.66 bits per heavy atom. The Morgan fingerprint density at radius 2 is 2.03 bits per heavy atom. The van der Waals surface area contributed by atoms with Crippen LogP contribution in [-0.2, 0) is 30.3 Å². The van der Waals surface area contributed by atoms with Gasteiger partial charge in [0, 0.05) is 19.1 Å². The maximum Gasteiger partial charge on any atom is 0.326 e. The molecule has 5 atom stereocenters. The number of nitrogens with zero attached hydrogens (tertiary/aromatic N) is 1. The fourth-order valence-corrected chi connectivity index (χ4v) is 4.68. The van der Waals surface area contributed by atoms with Gasteiger partial charge in [-0.1, -0.05) is 30.3 Å². The zero-order valence-electron chi connectivity index (χ0n) is 18.9. The summed E-state index contributed by atoms with van der Waals surface area (Å²) in [6.07, 6.45) is 3.40. The summed E-state index contributed by atoms with van der Waals surface area (Å²) in [5.74, 6) is -1.70. The van der Waals surface area contributed by atoms with Crippen molar-refractivity contribution in [3.05, 3.63) is 35.9 Å². The topological polar surface area (TPSA) is 105 Å². The zero-order valence-corrected chi connectivity index (χ0v) is 18.9. The van der Waals surface area contributed by atoms with Crippen LogP contribution in [0.25, 0.3) is 0 Å². The van der Waals surface area contributed by atoms with Gasteiger partial charge in [-0.25, -0.2) is 4.79 Å². The molecule has 8 nitrogen and oxygen atoms in total. The quantitative estimate of drug-likeness (QED) is 0.530. The lowest BCUT2D eigenvalue weighted by molar-refractivity contribution is -0.150. The molecule has 3 rings (SSSR count). The number of carboxylic acid groups (broad SMARTS) is 1. The summed E-state index contributed by atoms with van der Waals surface area (Å²) in [6.45, 7) is 4.72. The van der Waals surface area contributed by atoms with Gasteiger partial charge in [-0.15, -0.1) is 0 Å². The van der Waals surface area contributed by atoms with E-state index in [0.717, 1.165) is 18.4 Å². The number of carbonyl (C=O) groups is 3. The molecule has 0 spiro atoms. The van der Waals surface area contributed by atoms with Gasteiger partial charge in [0.15, 0.2) is 0 Å². The Kier molecular flexibility index (Phi) is 8.64. The third-order valence-electron chi connectivity index (χ3n) is 6.35. The number of hydrogen-bond acceptors (Lipinski definition) is 6. The van der Waals surface area contributed by atoms with E-state index in [1.54, 1.807) is 13.8 Å². The number of benzene rings is 1. The number of amides is 1. The molecule has 0 aliphatic carbocycles. The Balaban J connectivity index is 1.65. The normalized spacial score (nSPS) is 24.8. The molecule has 0 saturated carbocycles. The zero-order chi connectivity index (χ0) is 23.1. The number of rotatable bonds is 10. The SMILES string of the molecule is CCOC(=O)C(CCc1ccccc1)N[C@@H](C)C(=O)N1C[C@@H](C2CCCO2)C[C@H]1C(=O)O. The first-order valence-corrected chi connectivity index (χ1v) is 11.5. The maximum atomic E-state index is 13.2. The highest BCUT2D eigenvalue weighted by Gasteiger charge is 2.44. The molecule has 0 radical (unpaired) electrons. The molecular formula is C24H34N2O6. The fraction of sp³-hybridized carbons (Fsp3) is 0.625. The molecular weight excluding hydrogens is 412 g/mol. The van der Waals surface area contributed by atoms with E-state index < -0.39 is 30.1 Å². The van der Waals surface area contributed by atoms with Crippen molar-refractivity contribution in [3.8, 4) is 0 Å². The van der Waals surface area contributed by atoms with Gasteiger partial charge in [-0.3, -0.25) is 14.9 Å². The van der Waals surface area contributed by atoms with Gasteiger partial charge >= 0.3 is 11.9 Å². The molecule has 2 unspecified atom stereocenters. The molecule has 2 fully saturated rings. The molecule has 1 amide bonds. The van der Waals surface area contributed by atoms with Gasteiger partial charge in [-0.2, -0.15) is 0 Å². The van der Waals surface area contributed by atoms with Gasteiger partial charge < -0.3 is 19.5 Å². The molecule has 2 N–H and O–H groups in total. The lowest BCUT2D eigenvalue weighted by atomic mass is 9.97. The van der Waals surface area contributed by atoms with E-state index in [9.17, 15) is 19.5 Å². The van der Waals surface area contributed by atoms with Crippen molar-refractivity contribution in [2.45, 2.75) is 70.2 Å². The van der Waals surface area contributed by atoms with Crippen LogP contribution in [0, 0.1) is 5.92 Å². The van der Waals surface area contributed by atoms with Crippen LogP contribution in [0.15, 0.2) is 30.3 Å². The summed E-state index contributed by atoms with van der Waals surface area (Å²) in [6, 6.07) is 7.55. The number of carbonyl (C=O) groups excluding carboxylic acids is 2. The number of likely N-dealkylation sites (tertiary alicyclic amines) is 1. The molecule has 2 saturated heterocycles. The monoisotopic (exact) mass is 446 g/mol. The van der Waals surface area contributed by atoms with Gasteiger partial charge in [-0.05, 0) is 51.5 Å². The van der Waals surface area contributed by atoms with Crippen LogP contribution in [0.2, 0.25) is 0 Å². The number of nitrogens with one attached hydrogen (secondary N) is 1. The minimum absolute atomic E-state index is 0.0102. The summed E-state index contributed by atoms with van der Waals surface area (Å²) in [5.41, 5.74) is 1.09. The predicted molar refractivity (Wildman–Crippen MR) is 118 cm³/mol. The first-order valence-electron chi connectivity index (χ1n) is 11.5. The van der Waals surface area contributed by atoms with E-state index in [1.807, 2.05) is 30.3 Å². The van der Waals surface area contributed by atoms with Gasteiger partial charge in [0.05, 0.1) is 18.8 Å². The molecule has 0 aromatic heterocycles. The number of carboxylic acids is 1. The molecule has 2 heterocycles. The second kappa shape index (κ2) is 11.4. The number of hydrogen-bond donors (Lipinski definition) is 2. The second-order valence-electron chi connectivity index (χ2n) is 8.61.